The molecule has 0 fully saturated rings. The number of amides is 1. The molecule has 3 aromatic rings. The lowest BCUT2D eigenvalue weighted by Crippen LogP contribution is -2.23. The summed E-state index contributed by atoms with van der Waals surface area (Å²) in [6, 6.07) is 7.57. The van der Waals surface area contributed by atoms with Crippen molar-refractivity contribution in [1.82, 2.24) is 20.1 Å². The van der Waals surface area contributed by atoms with Gasteiger partial charge in [0, 0.05) is 30.7 Å². The lowest BCUT2D eigenvalue weighted by atomic mass is 10.2. The summed E-state index contributed by atoms with van der Waals surface area (Å²) >= 11 is 1.45. The minimum Gasteiger partial charge on any atom is -0.347 e. The van der Waals surface area contributed by atoms with Crippen LogP contribution in [0.15, 0.2) is 48.2 Å². The first-order valence-electron chi connectivity index (χ1n) is 6.52. The van der Waals surface area contributed by atoms with Crippen LogP contribution >= 0.6 is 11.3 Å². The maximum Gasteiger partial charge on any atom is 0.261 e. The normalized spacial score (nSPS) is 10.5. The lowest BCUT2D eigenvalue weighted by molar-refractivity contribution is 0.0954. The molecule has 3 aromatic heterocycles. The third-order valence-corrected chi connectivity index (χ3v) is 4.11. The van der Waals surface area contributed by atoms with Crippen LogP contribution in [0.25, 0.3) is 5.82 Å². The zero-order valence-electron chi connectivity index (χ0n) is 11.5. The lowest BCUT2D eigenvalue weighted by Gasteiger charge is -2.09. The summed E-state index contributed by atoms with van der Waals surface area (Å²) < 4.78 is 1.69. The topological polar surface area (TPSA) is 59.8 Å². The number of nitrogens with one attached hydrogen (secondary N) is 1. The van der Waals surface area contributed by atoms with E-state index in [1.807, 2.05) is 42.8 Å². The Labute approximate surface area is 126 Å². The van der Waals surface area contributed by atoms with E-state index in [2.05, 4.69) is 15.4 Å². The Morgan fingerprint density at radius 1 is 1.33 bits per heavy atom. The molecule has 1 amide bonds. The predicted molar refractivity (Wildman–Crippen MR) is 81.6 cm³/mol. The van der Waals surface area contributed by atoms with E-state index < -0.39 is 0 Å². The van der Waals surface area contributed by atoms with Crippen LogP contribution < -0.4 is 5.32 Å². The number of rotatable bonds is 4. The standard InChI is InChI=1S/C15H14N4OS/c1-11-5-9-21-13(11)15(20)17-10-12-4-2-6-16-14(12)19-8-3-7-18-19/h2-9H,10H2,1H3,(H,17,20). The minimum absolute atomic E-state index is 0.0576. The second-order valence-electron chi connectivity index (χ2n) is 4.55. The van der Waals surface area contributed by atoms with E-state index in [1.54, 1.807) is 17.1 Å². The van der Waals surface area contributed by atoms with Crippen molar-refractivity contribution in [2.45, 2.75) is 13.5 Å². The molecule has 5 nitrogen and oxygen atoms in total. The van der Waals surface area contributed by atoms with Crippen molar-refractivity contribution >= 4 is 17.2 Å². The molecular formula is C15H14N4OS. The number of aryl methyl sites for hydroxylation is 1. The van der Waals surface area contributed by atoms with Crippen molar-refractivity contribution in [3.63, 3.8) is 0 Å². The highest BCUT2D eigenvalue weighted by molar-refractivity contribution is 7.12. The van der Waals surface area contributed by atoms with E-state index in [4.69, 9.17) is 0 Å². The van der Waals surface area contributed by atoms with Gasteiger partial charge >= 0.3 is 0 Å². The fourth-order valence-electron chi connectivity index (χ4n) is 2.03. The van der Waals surface area contributed by atoms with Crippen LogP contribution in [-0.4, -0.2) is 20.7 Å². The third-order valence-electron chi connectivity index (χ3n) is 3.10. The number of hydrogen-bond donors (Lipinski definition) is 1. The quantitative estimate of drug-likeness (QED) is 0.805. The van der Waals surface area contributed by atoms with Gasteiger partial charge in [0.05, 0.1) is 4.88 Å². The Morgan fingerprint density at radius 3 is 2.95 bits per heavy atom. The second-order valence-corrected chi connectivity index (χ2v) is 5.47. The molecule has 6 heteroatoms. The molecule has 0 saturated heterocycles. The molecule has 21 heavy (non-hydrogen) atoms. The Morgan fingerprint density at radius 2 is 2.24 bits per heavy atom. The predicted octanol–water partition coefficient (Wildman–Crippen LogP) is 2.57. The molecule has 1 N–H and O–H groups in total. The highest BCUT2D eigenvalue weighted by Crippen LogP contribution is 2.16. The Hall–Kier alpha value is -2.47. The van der Waals surface area contributed by atoms with E-state index in [0.717, 1.165) is 21.8 Å². The van der Waals surface area contributed by atoms with Crippen LogP contribution in [0.5, 0.6) is 0 Å². The molecule has 0 atom stereocenters. The number of carbonyl (C=O) groups excluding carboxylic acids is 1. The summed E-state index contributed by atoms with van der Waals surface area (Å²) in [6.07, 6.45) is 5.24. The molecule has 0 unspecified atom stereocenters. The van der Waals surface area contributed by atoms with Gasteiger partial charge < -0.3 is 5.32 Å². The van der Waals surface area contributed by atoms with Gasteiger partial charge in [-0.05, 0) is 36.1 Å². The molecule has 106 valence electrons. The fourth-order valence-corrected chi connectivity index (χ4v) is 2.87. The van der Waals surface area contributed by atoms with Gasteiger partial charge in [0.15, 0.2) is 5.82 Å². The molecule has 0 aliphatic heterocycles. The summed E-state index contributed by atoms with van der Waals surface area (Å²) in [5, 5.41) is 9.04. The van der Waals surface area contributed by atoms with E-state index >= 15 is 0 Å². The molecule has 0 aliphatic rings. The number of hydrogen-bond acceptors (Lipinski definition) is 4. The number of aromatic nitrogens is 3. The monoisotopic (exact) mass is 298 g/mol. The number of carbonyl (C=O) groups is 1. The molecule has 0 aliphatic carbocycles. The SMILES string of the molecule is Cc1ccsc1C(=O)NCc1cccnc1-n1cccn1. The molecule has 3 rings (SSSR count). The van der Waals surface area contributed by atoms with Crippen LogP contribution in [0.1, 0.15) is 20.8 Å². The van der Waals surface area contributed by atoms with Crippen LogP contribution in [0.4, 0.5) is 0 Å². The average Bonchev–Trinajstić information content (AvgIpc) is 3.16. The summed E-state index contributed by atoms with van der Waals surface area (Å²) in [7, 11) is 0. The molecule has 0 saturated carbocycles. The van der Waals surface area contributed by atoms with Gasteiger partial charge in [-0.15, -0.1) is 11.3 Å². The maximum atomic E-state index is 12.2. The molecule has 0 bridgehead atoms. The molecule has 0 spiro atoms. The number of thiophene rings is 1. The van der Waals surface area contributed by atoms with Crippen LogP contribution in [0.3, 0.4) is 0 Å². The van der Waals surface area contributed by atoms with Gasteiger partial charge in [0.1, 0.15) is 0 Å². The number of nitrogens with zero attached hydrogens (tertiary/aromatic N) is 3. The highest BCUT2D eigenvalue weighted by Gasteiger charge is 2.12. The first-order valence-corrected chi connectivity index (χ1v) is 7.40. The average molecular weight is 298 g/mol. The van der Waals surface area contributed by atoms with Crippen molar-refractivity contribution in [1.29, 1.82) is 0 Å². The van der Waals surface area contributed by atoms with E-state index in [9.17, 15) is 4.79 Å². The van der Waals surface area contributed by atoms with E-state index in [0.29, 0.717) is 6.54 Å². The zero-order valence-corrected chi connectivity index (χ0v) is 12.3. The van der Waals surface area contributed by atoms with Gasteiger partial charge in [-0.3, -0.25) is 4.79 Å². The molecular weight excluding hydrogens is 284 g/mol. The minimum atomic E-state index is -0.0576. The molecule has 3 heterocycles. The zero-order chi connectivity index (χ0) is 14.7. The van der Waals surface area contributed by atoms with Crippen molar-refractivity contribution in [2.24, 2.45) is 0 Å². The second kappa shape index (κ2) is 5.88. The first-order chi connectivity index (χ1) is 10.3. The smallest absolute Gasteiger partial charge is 0.261 e. The summed E-state index contributed by atoms with van der Waals surface area (Å²) in [6.45, 7) is 2.35. The van der Waals surface area contributed by atoms with Crippen LogP contribution in [0.2, 0.25) is 0 Å². The third kappa shape index (κ3) is 2.85. The van der Waals surface area contributed by atoms with Gasteiger partial charge in [-0.1, -0.05) is 6.07 Å². The Balaban J connectivity index is 1.77. The fraction of sp³-hybridized carbons (Fsp3) is 0.133. The van der Waals surface area contributed by atoms with Crippen LogP contribution in [-0.2, 0) is 6.54 Å². The van der Waals surface area contributed by atoms with E-state index in [-0.39, 0.29) is 5.91 Å². The number of pyridine rings is 1. The molecule has 0 radical (unpaired) electrons. The van der Waals surface area contributed by atoms with Crippen molar-refractivity contribution in [3.05, 3.63) is 64.2 Å². The van der Waals surface area contributed by atoms with Gasteiger partial charge in [-0.2, -0.15) is 5.10 Å². The van der Waals surface area contributed by atoms with Crippen molar-refractivity contribution < 1.29 is 4.79 Å². The summed E-state index contributed by atoms with van der Waals surface area (Å²) in [5.74, 6) is 0.670. The maximum absolute atomic E-state index is 12.2. The van der Waals surface area contributed by atoms with Gasteiger partial charge in [0.2, 0.25) is 0 Å². The van der Waals surface area contributed by atoms with E-state index in [1.165, 1.54) is 11.3 Å². The first kappa shape index (κ1) is 13.5. The summed E-state index contributed by atoms with van der Waals surface area (Å²) in [5.41, 5.74) is 1.92. The largest absolute Gasteiger partial charge is 0.347 e. The van der Waals surface area contributed by atoms with Crippen molar-refractivity contribution in [3.8, 4) is 5.82 Å². The summed E-state index contributed by atoms with van der Waals surface area (Å²) in [4.78, 5) is 17.2. The Kier molecular flexibility index (Phi) is 3.79. The van der Waals surface area contributed by atoms with Gasteiger partial charge in [-0.25, -0.2) is 9.67 Å². The van der Waals surface area contributed by atoms with Crippen LogP contribution in [0, 0.1) is 6.92 Å². The molecule has 0 aromatic carbocycles. The van der Waals surface area contributed by atoms with Gasteiger partial charge in [0.25, 0.3) is 5.91 Å². The highest BCUT2D eigenvalue weighted by atomic mass is 32.1. The van der Waals surface area contributed by atoms with Crippen molar-refractivity contribution in [2.75, 3.05) is 0 Å². The Bertz CT molecular complexity index is 749.